The first kappa shape index (κ1) is 16.3. The molecule has 136 valence electrons. The van der Waals surface area contributed by atoms with Crippen LogP contribution < -0.4 is 11.5 Å². The molecule has 0 spiro atoms. The molecule has 0 atom stereocenters. The van der Waals surface area contributed by atoms with Crippen LogP contribution in [-0.2, 0) is 11.1 Å². The van der Waals surface area contributed by atoms with Crippen molar-refractivity contribution in [1.82, 2.24) is 9.80 Å². The number of hydrogen-bond donors (Lipinski definition) is 2. The highest BCUT2D eigenvalue weighted by Crippen LogP contribution is 2.67. The van der Waals surface area contributed by atoms with Crippen LogP contribution in [0.5, 0.6) is 0 Å². The first-order valence-corrected chi connectivity index (χ1v) is 9.12. The van der Waals surface area contributed by atoms with Gasteiger partial charge in [0.05, 0.1) is 11.1 Å². The zero-order chi connectivity index (χ0) is 19.5. The molecule has 3 heterocycles. The average molecular weight is 366 g/mol. The second-order valence-corrected chi connectivity index (χ2v) is 7.20. The predicted octanol–water partition coefficient (Wildman–Crippen LogP) is 1.81. The lowest BCUT2D eigenvalue weighted by Crippen LogP contribution is -2.56. The molecule has 3 aliphatic rings. The predicted molar refractivity (Wildman–Crippen MR) is 103 cm³/mol. The molecular weight excluding hydrogens is 348 g/mol. The highest BCUT2D eigenvalue weighted by molar-refractivity contribution is 5.70. The summed E-state index contributed by atoms with van der Waals surface area (Å²) in [5.74, 6) is 0.830. The minimum atomic E-state index is -1.08. The van der Waals surface area contributed by atoms with E-state index in [9.17, 15) is 10.5 Å². The molecule has 5 rings (SSSR count). The maximum absolute atomic E-state index is 10.2. The molecule has 0 aliphatic carbocycles. The van der Waals surface area contributed by atoms with Gasteiger partial charge < -0.3 is 21.3 Å². The molecule has 0 unspecified atom stereocenters. The van der Waals surface area contributed by atoms with E-state index in [-0.39, 0.29) is 0 Å². The van der Waals surface area contributed by atoms with E-state index in [0.29, 0.717) is 35.9 Å². The summed E-state index contributed by atoms with van der Waals surface area (Å²) in [5.41, 5.74) is 13.7. The molecule has 0 amide bonds. The Morgan fingerprint density at radius 3 is 1.57 bits per heavy atom. The van der Waals surface area contributed by atoms with Crippen molar-refractivity contribution in [3.05, 3.63) is 94.6 Å². The second-order valence-electron chi connectivity index (χ2n) is 7.20. The van der Waals surface area contributed by atoms with E-state index in [1.807, 2.05) is 70.5 Å². The fourth-order valence-electron chi connectivity index (χ4n) is 5.45. The molecule has 0 radical (unpaired) electrons. The summed E-state index contributed by atoms with van der Waals surface area (Å²) in [6.07, 6.45) is 0. The first-order chi connectivity index (χ1) is 13.7. The summed E-state index contributed by atoms with van der Waals surface area (Å²) >= 11 is 0. The van der Waals surface area contributed by atoms with Crippen molar-refractivity contribution in [1.29, 1.82) is 10.5 Å². The average Bonchev–Trinajstić information content (AvgIpc) is 3.31. The first-order valence-electron chi connectivity index (χ1n) is 9.12. The summed E-state index contributed by atoms with van der Waals surface area (Å²) in [5, 5.41) is 20.4. The van der Waals surface area contributed by atoms with Gasteiger partial charge in [0.2, 0.25) is 0 Å². The van der Waals surface area contributed by atoms with Gasteiger partial charge in [0.15, 0.2) is 5.66 Å². The van der Waals surface area contributed by atoms with Gasteiger partial charge in [-0.05, 0) is 11.1 Å². The normalized spacial score (nSPS) is 27.8. The van der Waals surface area contributed by atoms with Crippen LogP contribution in [0, 0.1) is 22.7 Å². The van der Waals surface area contributed by atoms with Crippen LogP contribution in [0.4, 0.5) is 0 Å². The molecule has 2 aromatic rings. The van der Waals surface area contributed by atoms with Crippen molar-refractivity contribution in [2.75, 3.05) is 13.1 Å². The van der Waals surface area contributed by atoms with Gasteiger partial charge in [0, 0.05) is 13.1 Å². The number of nitrogens with zero attached hydrogens (tertiary/aromatic N) is 4. The quantitative estimate of drug-likeness (QED) is 0.840. The number of rotatable bonds is 2. The fraction of sp³-hybridized carbons (Fsp3) is 0.182. The number of hydrogen-bond acceptors (Lipinski definition) is 6. The van der Waals surface area contributed by atoms with Crippen LogP contribution in [0.15, 0.2) is 83.5 Å². The van der Waals surface area contributed by atoms with E-state index in [1.165, 1.54) is 0 Å². The smallest absolute Gasteiger partial charge is 0.162 e. The Labute approximate surface area is 163 Å². The molecule has 6 nitrogen and oxygen atoms in total. The Balaban J connectivity index is 2.00. The van der Waals surface area contributed by atoms with Crippen molar-refractivity contribution < 1.29 is 0 Å². The van der Waals surface area contributed by atoms with Crippen LogP contribution in [0.2, 0.25) is 0 Å². The van der Waals surface area contributed by atoms with Crippen LogP contribution in [0.3, 0.4) is 0 Å². The maximum Gasteiger partial charge on any atom is 0.162 e. The second kappa shape index (κ2) is 5.31. The Kier molecular flexibility index (Phi) is 3.09. The number of nitriles is 2. The lowest BCUT2D eigenvalue weighted by atomic mass is 9.62. The Morgan fingerprint density at radius 2 is 1.14 bits per heavy atom. The Hall–Kier alpha value is -3.90. The Morgan fingerprint density at radius 1 is 0.714 bits per heavy atom. The van der Waals surface area contributed by atoms with Crippen molar-refractivity contribution in [3.8, 4) is 12.1 Å². The van der Waals surface area contributed by atoms with Gasteiger partial charge in [-0.25, -0.2) is 0 Å². The number of nitrogens with two attached hydrogens (primary N) is 2. The summed E-state index contributed by atoms with van der Waals surface area (Å²) in [6, 6.07) is 24.2. The maximum atomic E-state index is 10.2. The minimum absolute atomic E-state index is 0.379. The van der Waals surface area contributed by atoms with Crippen molar-refractivity contribution in [3.63, 3.8) is 0 Å². The third-order valence-electron chi connectivity index (χ3n) is 6.30. The molecule has 0 aromatic heterocycles. The third-order valence-corrected chi connectivity index (χ3v) is 6.30. The molecular formula is C22H18N6. The lowest BCUT2D eigenvalue weighted by Gasteiger charge is -2.47. The van der Waals surface area contributed by atoms with E-state index in [4.69, 9.17) is 11.5 Å². The minimum Gasteiger partial charge on any atom is -0.384 e. The van der Waals surface area contributed by atoms with Crippen molar-refractivity contribution in [2.45, 2.75) is 11.1 Å². The van der Waals surface area contributed by atoms with Crippen LogP contribution >= 0.6 is 0 Å². The zero-order valence-electron chi connectivity index (χ0n) is 15.1. The van der Waals surface area contributed by atoms with Crippen LogP contribution in [0.25, 0.3) is 0 Å². The van der Waals surface area contributed by atoms with Gasteiger partial charge >= 0.3 is 0 Å². The SMILES string of the molecule is N#CC1=C(N)N2CCN3C(N)=C(C#N)C1(c1ccccc1)C23c1ccccc1. The zero-order valence-corrected chi connectivity index (χ0v) is 15.1. The summed E-state index contributed by atoms with van der Waals surface area (Å²) < 4.78 is 0. The standard InChI is InChI=1S/C22H18N6/c23-13-17-19(25)27-11-12-28-20(26)18(14-24)21(17,15-7-3-1-4-8-15)22(27,28)16-9-5-2-6-10-16/h1-10H,11-12,25-26H2. The van der Waals surface area contributed by atoms with Gasteiger partial charge in [-0.1, -0.05) is 60.7 Å². The third kappa shape index (κ3) is 1.46. The van der Waals surface area contributed by atoms with Gasteiger partial charge in [-0.3, -0.25) is 0 Å². The van der Waals surface area contributed by atoms with Crippen LogP contribution in [-0.4, -0.2) is 22.9 Å². The van der Waals surface area contributed by atoms with Crippen molar-refractivity contribution in [2.24, 2.45) is 11.5 Å². The van der Waals surface area contributed by atoms with Gasteiger partial charge in [-0.15, -0.1) is 0 Å². The van der Waals surface area contributed by atoms with Gasteiger partial charge in [0.1, 0.15) is 29.2 Å². The highest BCUT2D eigenvalue weighted by atomic mass is 15.5. The van der Waals surface area contributed by atoms with E-state index in [0.717, 1.165) is 11.1 Å². The molecule has 0 bridgehead atoms. The number of benzene rings is 2. The molecule has 1 fully saturated rings. The van der Waals surface area contributed by atoms with Crippen LogP contribution in [0.1, 0.15) is 11.1 Å². The van der Waals surface area contributed by atoms with E-state index in [1.54, 1.807) is 0 Å². The Bertz CT molecular complexity index is 1070. The topological polar surface area (TPSA) is 106 Å². The van der Waals surface area contributed by atoms with Gasteiger partial charge in [-0.2, -0.15) is 10.5 Å². The van der Waals surface area contributed by atoms with Crippen molar-refractivity contribution >= 4 is 0 Å². The highest BCUT2D eigenvalue weighted by Gasteiger charge is 2.75. The summed E-state index contributed by atoms with van der Waals surface area (Å²) in [6.45, 7) is 1.25. The molecule has 6 heteroatoms. The largest absolute Gasteiger partial charge is 0.384 e. The fourth-order valence-corrected chi connectivity index (χ4v) is 5.45. The van der Waals surface area contributed by atoms with Gasteiger partial charge in [0.25, 0.3) is 0 Å². The molecule has 0 saturated carbocycles. The molecule has 3 aliphatic heterocycles. The van der Waals surface area contributed by atoms with E-state index >= 15 is 0 Å². The molecule has 2 aromatic carbocycles. The van der Waals surface area contributed by atoms with E-state index < -0.39 is 11.1 Å². The molecule has 28 heavy (non-hydrogen) atoms. The lowest BCUT2D eigenvalue weighted by molar-refractivity contribution is 0.0483. The molecule has 4 N–H and O–H groups in total. The van der Waals surface area contributed by atoms with E-state index in [2.05, 4.69) is 12.1 Å². The molecule has 1 saturated heterocycles. The summed E-state index contributed by atoms with van der Waals surface area (Å²) in [7, 11) is 0. The monoisotopic (exact) mass is 366 g/mol. The summed E-state index contributed by atoms with van der Waals surface area (Å²) in [4.78, 5) is 4.09.